The van der Waals surface area contributed by atoms with Gasteiger partial charge in [-0.2, -0.15) is 0 Å². The van der Waals surface area contributed by atoms with Crippen molar-refractivity contribution in [3.05, 3.63) is 16.7 Å². The Labute approximate surface area is 125 Å². The molecule has 0 heterocycles. The first kappa shape index (κ1) is 16.6. The van der Waals surface area contributed by atoms with Crippen LogP contribution >= 0.6 is 11.6 Å². The molecule has 0 aliphatic rings. The highest BCUT2D eigenvalue weighted by Gasteiger charge is 2.21. The van der Waals surface area contributed by atoms with Gasteiger partial charge in [0.05, 0.1) is 26.4 Å². The summed E-state index contributed by atoms with van der Waals surface area (Å²) < 4.78 is 16.0. The van der Waals surface area contributed by atoms with E-state index in [1.807, 2.05) is 6.92 Å². The maximum absolute atomic E-state index is 11.2. The number of halogens is 1. The van der Waals surface area contributed by atoms with Gasteiger partial charge in [0.2, 0.25) is 5.75 Å². The molecule has 0 aromatic heterocycles. The van der Waals surface area contributed by atoms with Crippen LogP contribution < -0.4 is 14.2 Å². The Balaban J connectivity index is 3.19. The summed E-state index contributed by atoms with van der Waals surface area (Å²) >= 11 is 6.20. The van der Waals surface area contributed by atoms with Gasteiger partial charge < -0.3 is 19.0 Å². The Kier molecular flexibility index (Phi) is 6.14. The second-order valence-corrected chi connectivity index (χ2v) is 5.24. The average molecular weight is 301 g/mol. The summed E-state index contributed by atoms with van der Waals surface area (Å²) in [5.41, 5.74) is 0.906. The molecule has 112 valence electrons. The second kappa shape index (κ2) is 7.39. The van der Waals surface area contributed by atoms with E-state index >= 15 is 0 Å². The maximum atomic E-state index is 11.2. The zero-order valence-corrected chi connectivity index (χ0v) is 13.3. The molecule has 1 atom stereocenters. The average Bonchev–Trinajstić information content (AvgIpc) is 2.36. The van der Waals surface area contributed by atoms with Gasteiger partial charge in [0.25, 0.3) is 0 Å². The van der Waals surface area contributed by atoms with Crippen molar-refractivity contribution in [2.75, 3.05) is 21.3 Å². The van der Waals surface area contributed by atoms with Crippen LogP contribution in [0.15, 0.2) is 6.07 Å². The van der Waals surface area contributed by atoms with Gasteiger partial charge in [-0.15, -0.1) is 0 Å². The SMILES string of the molecule is COc1c(Cl)cc(CC(C)CC(C)=O)c(OC)c1OC. The van der Waals surface area contributed by atoms with Crippen LogP contribution in [0.5, 0.6) is 17.2 Å². The fraction of sp³-hybridized carbons (Fsp3) is 0.533. The van der Waals surface area contributed by atoms with Gasteiger partial charge in [0, 0.05) is 12.0 Å². The summed E-state index contributed by atoms with van der Waals surface area (Å²) in [5, 5.41) is 0.468. The van der Waals surface area contributed by atoms with E-state index in [0.29, 0.717) is 35.1 Å². The fourth-order valence-corrected chi connectivity index (χ4v) is 2.63. The van der Waals surface area contributed by atoms with Crippen molar-refractivity contribution in [2.45, 2.75) is 26.7 Å². The number of ether oxygens (including phenoxy) is 3. The van der Waals surface area contributed by atoms with Crippen molar-refractivity contribution in [1.82, 2.24) is 0 Å². The minimum absolute atomic E-state index is 0.169. The van der Waals surface area contributed by atoms with Crippen LogP contribution in [0, 0.1) is 5.92 Å². The molecule has 0 amide bonds. The van der Waals surface area contributed by atoms with Gasteiger partial charge in [-0.05, 0) is 25.3 Å². The van der Waals surface area contributed by atoms with Gasteiger partial charge in [-0.1, -0.05) is 18.5 Å². The first-order chi connectivity index (χ1) is 9.44. The van der Waals surface area contributed by atoms with Crippen LogP contribution in [-0.4, -0.2) is 27.1 Å². The molecule has 1 aromatic rings. The summed E-state index contributed by atoms with van der Waals surface area (Å²) in [6.07, 6.45) is 1.21. The first-order valence-electron chi connectivity index (χ1n) is 6.41. The smallest absolute Gasteiger partial charge is 0.205 e. The van der Waals surface area contributed by atoms with Gasteiger partial charge in [0.1, 0.15) is 5.78 Å². The number of benzene rings is 1. The third kappa shape index (κ3) is 3.79. The largest absolute Gasteiger partial charge is 0.492 e. The molecular weight excluding hydrogens is 280 g/mol. The van der Waals surface area contributed by atoms with E-state index in [0.717, 1.165) is 5.56 Å². The van der Waals surface area contributed by atoms with Crippen LogP contribution in [0.2, 0.25) is 5.02 Å². The zero-order chi connectivity index (χ0) is 15.3. The van der Waals surface area contributed by atoms with Gasteiger partial charge in [-0.25, -0.2) is 0 Å². The van der Waals surface area contributed by atoms with E-state index in [4.69, 9.17) is 25.8 Å². The lowest BCUT2D eigenvalue weighted by atomic mass is 9.95. The molecule has 0 fully saturated rings. The summed E-state index contributed by atoms with van der Waals surface area (Å²) in [6, 6.07) is 1.80. The number of rotatable bonds is 7. The standard InChI is InChI=1S/C15H21ClO4/c1-9(6-10(2)17)7-11-8-12(16)14(19-4)15(20-5)13(11)18-3/h8-9H,6-7H2,1-5H3. The van der Waals surface area contributed by atoms with Crippen molar-refractivity contribution in [3.63, 3.8) is 0 Å². The third-order valence-electron chi connectivity index (χ3n) is 3.04. The van der Waals surface area contributed by atoms with E-state index in [9.17, 15) is 4.79 Å². The Hall–Kier alpha value is -1.42. The molecular formula is C15H21ClO4. The normalized spacial score (nSPS) is 11.9. The number of carbonyl (C=O) groups is 1. The molecule has 0 spiro atoms. The highest BCUT2D eigenvalue weighted by Crippen LogP contribution is 2.45. The minimum Gasteiger partial charge on any atom is -0.492 e. The fourth-order valence-electron chi connectivity index (χ4n) is 2.33. The number of carbonyl (C=O) groups excluding carboxylic acids is 1. The van der Waals surface area contributed by atoms with Gasteiger partial charge in [-0.3, -0.25) is 0 Å². The second-order valence-electron chi connectivity index (χ2n) is 4.83. The number of ketones is 1. The summed E-state index contributed by atoms with van der Waals surface area (Å²) in [7, 11) is 4.64. The Morgan fingerprint density at radius 2 is 1.70 bits per heavy atom. The van der Waals surface area contributed by atoms with E-state index in [-0.39, 0.29) is 11.7 Å². The zero-order valence-electron chi connectivity index (χ0n) is 12.6. The van der Waals surface area contributed by atoms with Crippen molar-refractivity contribution in [3.8, 4) is 17.2 Å². The van der Waals surface area contributed by atoms with E-state index in [1.165, 1.54) is 7.11 Å². The summed E-state index contributed by atoms with van der Waals surface area (Å²) in [4.78, 5) is 11.2. The Bertz CT molecular complexity index is 485. The van der Waals surface area contributed by atoms with Crippen LogP contribution in [0.25, 0.3) is 0 Å². The molecule has 0 N–H and O–H groups in total. The van der Waals surface area contributed by atoms with Gasteiger partial charge in [0.15, 0.2) is 11.5 Å². The lowest BCUT2D eigenvalue weighted by Gasteiger charge is -2.19. The summed E-state index contributed by atoms with van der Waals surface area (Å²) in [6.45, 7) is 3.61. The molecule has 0 aliphatic heterocycles. The molecule has 0 radical (unpaired) electrons. The molecule has 1 rings (SSSR count). The van der Waals surface area contributed by atoms with Crippen LogP contribution in [0.1, 0.15) is 25.8 Å². The van der Waals surface area contributed by atoms with Crippen molar-refractivity contribution < 1.29 is 19.0 Å². The molecule has 5 heteroatoms. The van der Waals surface area contributed by atoms with Crippen LogP contribution in [-0.2, 0) is 11.2 Å². The van der Waals surface area contributed by atoms with E-state index in [1.54, 1.807) is 27.2 Å². The van der Waals surface area contributed by atoms with Gasteiger partial charge >= 0.3 is 0 Å². The molecule has 1 unspecified atom stereocenters. The lowest BCUT2D eigenvalue weighted by molar-refractivity contribution is -0.117. The van der Waals surface area contributed by atoms with Crippen molar-refractivity contribution in [2.24, 2.45) is 5.92 Å². The monoisotopic (exact) mass is 300 g/mol. The number of methoxy groups -OCH3 is 3. The Morgan fingerprint density at radius 1 is 1.15 bits per heavy atom. The minimum atomic E-state index is 0.169. The first-order valence-corrected chi connectivity index (χ1v) is 6.79. The lowest BCUT2D eigenvalue weighted by Crippen LogP contribution is -2.07. The molecule has 0 saturated heterocycles. The van der Waals surface area contributed by atoms with Crippen molar-refractivity contribution >= 4 is 17.4 Å². The highest BCUT2D eigenvalue weighted by molar-refractivity contribution is 6.32. The maximum Gasteiger partial charge on any atom is 0.205 e. The van der Waals surface area contributed by atoms with Crippen LogP contribution in [0.3, 0.4) is 0 Å². The number of Topliss-reactive ketones (excluding diaryl/α,β-unsaturated/α-hetero) is 1. The van der Waals surface area contributed by atoms with E-state index in [2.05, 4.69) is 0 Å². The van der Waals surface area contributed by atoms with Crippen molar-refractivity contribution in [1.29, 1.82) is 0 Å². The molecule has 0 saturated carbocycles. The quantitative estimate of drug-likeness (QED) is 0.773. The number of hydrogen-bond acceptors (Lipinski definition) is 4. The van der Waals surface area contributed by atoms with E-state index < -0.39 is 0 Å². The predicted octanol–water partition coefficient (Wildman–Crippen LogP) is 3.52. The molecule has 4 nitrogen and oxygen atoms in total. The number of hydrogen-bond donors (Lipinski definition) is 0. The molecule has 20 heavy (non-hydrogen) atoms. The molecule has 0 bridgehead atoms. The predicted molar refractivity (Wildman–Crippen MR) is 79.3 cm³/mol. The molecule has 1 aromatic carbocycles. The third-order valence-corrected chi connectivity index (χ3v) is 3.32. The van der Waals surface area contributed by atoms with Crippen LogP contribution in [0.4, 0.5) is 0 Å². The Morgan fingerprint density at radius 3 is 2.15 bits per heavy atom. The molecule has 0 aliphatic carbocycles. The highest BCUT2D eigenvalue weighted by atomic mass is 35.5. The topological polar surface area (TPSA) is 44.8 Å². The summed E-state index contributed by atoms with van der Waals surface area (Å²) in [5.74, 6) is 1.91.